The summed E-state index contributed by atoms with van der Waals surface area (Å²) in [6.45, 7) is 6.30. The molecule has 2 aliphatic heterocycles. The maximum atomic E-state index is 13.3. The number of nitrogens with zero attached hydrogens (tertiary/aromatic N) is 2. The molecule has 0 bridgehead atoms. The Kier molecular flexibility index (Phi) is 3.66. The number of aromatic hydroxyl groups is 1. The van der Waals surface area contributed by atoms with E-state index in [2.05, 4.69) is 6.92 Å². The zero-order chi connectivity index (χ0) is 20.5. The fourth-order valence-electron chi connectivity index (χ4n) is 4.72. The Labute approximate surface area is 167 Å². The van der Waals surface area contributed by atoms with E-state index in [0.717, 1.165) is 45.4 Å². The van der Waals surface area contributed by atoms with Gasteiger partial charge in [0, 0.05) is 10.9 Å². The molecule has 6 heteroatoms. The van der Waals surface area contributed by atoms with Crippen LogP contribution in [0.3, 0.4) is 0 Å². The van der Waals surface area contributed by atoms with Crippen molar-refractivity contribution in [3.8, 4) is 17.1 Å². The normalized spacial score (nSPS) is 19.6. The van der Waals surface area contributed by atoms with Crippen LogP contribution in [-0.4, -0.2) is 20.6 Å². The Morgan fingerprint density at radius 1 is 1.21 bits per heavy atom. The van der Waals surface area contributed by atoms with Crippen LogP contribution in [0, 0.1) is 0 Å². The van der Waals surface area contributed by atoms with Gasteiger partial charge in [-0.05, 0) is 55.2 Å². The molecule has 29 heavy (non-hydrogen) atoms. The van der Waals surface area contributed by atoms with Crippen LogP contribution in [0.2, 0.25) is 0 Å². The molecule has 0 radical (unpaired) electrons. The van der Waals surface area contributed by atoms with E-state index in [-0.39, 0.29) is 23.9 Å². The largest absolute Gasteiger partial charge is 0.508 e. The minimum atomic E-state index is -0.832. The number of phenolic OH excluding ortho intramolecular Hbond substituents is 1. The highest BCUT2D eigenvalue weighted by atomic mass is 16.5. The number of hydrogen-bond acceptors (Lipinski definition) is 5. The molecular weight excluding hydrogens is 368 g/mol. The van der Waals surface area contributed by atoms with Gasteiger partial charge in [-0.2, -0.15) is 0 Å². The van der Waals surface area contributed by atoms with Crippen LogP contribution in [0.4, 0.5) is 0 Å². The Bertz CT molecular complexity index is 1270. The van der Waals surface area contributed by atoms with E-state index in [4.69, 9.17) is 9.72 Å². The number of aromatic nitrogens is 2. The van der Waals surface area contributed by atoms with Gasteiger partial charge in [-0.1, -0.05) is 13.8 Å². The first-order chi connectivity index (χ1) is 13.9. The first-order valence-corrected chi connectivity index (χ1v) is 9.98. The minimum Gasteiger partial charge on any atom is -0.508 e. The van der Waals surface area contributed by atoms with Crippen LogP contribution in [0.1, 0.15) is 49.4 Å². The lowest BCUT2D eigenvalue weighted by molar-refractivity contribution is -0.153. The molecule has 0 unspecified atom stereocenters. The smallest absolute Gasteiger partial charge is 0.316 e. The maximum absolute atomic E-state index is 13.3. The fraction of sp³-hybridized carbons (Fsp3) is 0.348. The first-order valence-electron chi connectivity index (χ1n) is 9.98. The van der Waals surface area contributed by atoms with Crippen molar-refractivity contribution < 1.29 is 14.6 Å². The molecule has 5 rings (SSSR count). The molecule has 2 aromatic heterocycles. The van der Waals surface area contributed by atoms with Gasteiger partial charge in [0.15, 0.2) is 0 Å². The molecule has 3 aromatic rings. The summed E-state index contributed by atoms with van der Waals surface area (Å²) in [5.41, 5.74) is 4.80. The SMILES string of the molecule is CCc1c2c(nc3ccc(O)cc13)-c1cc3c(c(=O)n1C2)COC(=O)[C@]3(C)CC. The van der Waals surface area contributed by atoms with E-state index < -0.39 is 5.41 Å². The van der Waals surface area contributed by atoms with Crippen LogP contribution in [0.25, 0.3) is 22.3 Å². The summed E-state index contributed by atoms with van der Waals surface area (Å²) < 4.78 is 7.09. The predicted octanol–water partition coefficient (Wildman–Crippen LogP) is 3.42. The van der Waals surface area contributed by atoms with E-state index in [1.165, 1.54) is 0 Å². The van der Waals surface area contributed by atoms with Crippen LogP contribution < -0.4 is 5.56 Å². The van der Waals surface area contributed by atoms with Gasteiger partial charge in [-0.25, -0.2) is 4.98 Å². The van der Waals surface area contributed by atoms with Gasteiger partial charge in [-0.3, -0.25) is 9.59 Å². The molecule has 0 aliphatic carbocycles. The van der Waals surface area contributed by atoms with Crippen molar-refractivity contribution in [1.82, 2.24) is 9.55 Å². The third-order valence-corrected chi connectivity index (χ3v) is 6.60. The van der Waals surface area contributed by atoms with Crippen molar-refractivity contribution in [2.75, 3.05) is 0 Å². The third-order valence-electron chi connectivity index (χ3n) is 6.60. The average Bonchev–Trinajstić information content (AvgIpc) is 3.08. The number of phenols is 1. The van der Waals surface area contributed by atoms with E-state index in [1.54, 1.807) is 22.8 Å². The highest BCUT2D eigenvalue weighted by molar-refractivity contribution is 5.90. The second-order valence-corrected chi connectivity index (χ2v) is 8.05. The van der Waals surface area contributed by atoms with Gasteiger partial charge in [0.05, 0.1) is 34.4 Å². The van der Waals surface area contributed by atoms with Crippen molar-refractivity contribution in [1.29, 1.82) is 0 Å². The standard InChI is InChI=1S/C23H22N2O4/c1-4-13-14-8-12(26)6-7-18(14)24-20-15(13)10-25-19(20)9-17-16(21(25)27)11-29-22(28)23(17,3)5-2/h6-9,26H,4-5,10-11H2,1-3H3/t23-/m1/s1. The molecule has 148 valence electrons. The molecule has 1 atom stereocenters. The fourth-order valence-corrected chi connectivity index (χ4v) is 4.72. The topological polar surface area (TPSA) is 81.4 Å². The van der Waals surface area contributed by atoms with Crippen LogP contribution in [0.5, 0.6) is 5.75 Å². The van der Waals surface area contributed by atoms with Gasteiger partial charge in [0.2, 0.25) is 0 Å². The summed E-state index contributed by atoms with van der Waals surface area (Å²) in [4.78, 5) is 30.7. The number of esters is 1. The first kappa shape index (κ1) is 17.9. The molecule has 0 spiro atoms. The number of cyclic esters (lactones) is 1. The summed E-state index contributed by atoms with van der Waals surface area (Å²) in [6, 6.07) is 7.13. The van der Waals surface area contributed by atoms with Gasteiger partial charge in [0.25, 0.3) is 5.56 Å². The maximum Gasteiger partial charge on any atom is 0.316 e. The van der Waals surface area contributed by atoms with Crippen molar-refractivity contribution in [3.63, 3.8) is 0 Å². The van der Waals surface area contributed by atoms with Crippen molar-refractivity contribution in [2.45, 2.75) is 52.2 Å². The van der Waals surface area contributed by atoms with E-state index >= 15 is 0 Å². The van der Waals surface area contributed by atoms with Gasteiger partial charge >= 0.3 is 5.97 Å². The summed E-state index contributed by atoms with van der Waals surface area (Å²) in [5.74, 6) is -0.0854. The Balaban J connectivity index is 1.84. The molecular formula is C23H22N2O4. The van der Waals surface area contributed by atoms with Crippen LogP contribution in [-0.2, 0) is 34.5 Å². The highest BCUT2D eigenvalue weighted by Gasteiger charge is 2.43. The quantitative estimate of drug-likeness (QED) is 0.531. The lowest BCUT2D eigenvalue weighted by Gasteiger charge is -2.33. The third kappa shape index (κ3) is 2.26. The number of carbonyl (C=O) groups excluding carboxylic acids is 1. The molecule has 0 amide bonds. The summed E-state index contributed by atoms with van der Waals surface area (Å²) in [6.07, 6.45) is 1.32. The molecule has 2 aliphatic rings. The van der Waals surface area contributed by atoms with Gasteiger partial charge < -0.3 is 14.4 Å². The van der Waals surface area contributed by atoms with Crippen LogP contribution >= 0.6 is 0 Å². The molecule has 4 heterocycles. The molecule has 1 aromatic carbocycles. The summed E-state index contributed by atoms with van der Waals surface area (Å²) in [5, 5.41) is 10.9. The van der Waals surface area contributed by atoms with E-state index in [0.29, 0.717) is 18.5 Å². The van der Waals surface area contributed by atoms with E-state index in [9.17, 15) is 14.7 Å². The minimum absolute atomic E-state index is 0.0170. The Morgan fingerprint density at radius 2 is 2.00 bits per heavy atom. The monoisotopic (exact) mass is 390 g/mol. The number of rotatable bonds is 2. The number of carbonyl (C=O) groups is 1. The number of aryl methyl sites for hydroxylation is 1. The van der Waals surface area contributed by atoms with Crippen molar-refractivity contribution in [3.05, 3.63) is 56.9 Å². The lowest BCUT2D eigenvalue weighted by Crippen LogP contribution is -2.42. The van der Waals surface area contributed by atoms with Gasteiger partial charge in [-0.15, -0.1) is 0 Å². The average molecular weight is 390 g/mol. The van der Waals surface area contributed by atoms with E-state index in [1.807, 2.05) is 19.9 Å². The number of benzene rings is 1. The number of fused-ring (bicyclic) bond motifs is 5. The van der Waals surface area contributed by atoms with Gasteiger partial charge in [0.1, 0.15) is 12.4 Å². The molecule has 6 nitrogen and oxygen atoms in total. The molecule has 1 N–H and O–H groups in total. The zero-order valence-electron chi connectivity index (χ0n) is 16.7. The number of ether oxygens (including phenoxy) is 1. The summed E-state index contributed by atoms with van der Waals surface area (Å²) in [7, 11) is 0. The molecule has 0 saturated heterocycles. The Morgan fingerprint density at radius 3 is 2.72 bits per heavy atom. The number of hydrogen-bond donors (Lipinski definition) is 1. The Hall–Kier alpha value is -3.15. The van der Waals surface area contributed by atoms with Crippen molar-refractivity contribution in [2.24, 2.45) is 0 Å². The lowest BCUT2D eigenvalue weighted by atomic mass is 9.76. The van der Waals surface area contributed by atoms with Crippen LogP contribution in [0.15, 0.2) is 29.1 Å². The predicted molar refractivity (Wildman–Crippen MR) is 109 cm³/mol. The second-order valence-electron chi connectivity index (χ2n) is 8.05. The zero-order valence-corrected chi connectivity index (χ0v) is 16.7. The molecule has 0 saturated carbocycles. The summed E-state index contributed by atoms with van der Waals surface area (Å²) >= 11 is 0. The van der Waals surface area contributed by atoms with Crippen molar-refractivity contribution >= 4 is 16.9 Å². The highest BCUT2D eigenvalue weighted by Crippen LogP contribution is 2.41. The second kappa shape index (κ2) is 5.92. The number of pyridine rings is 2. The molecule has 0 fully saturated rings.